The lowest BCUT2D eigenvalue weighted by atomic mass is 9.68. The van der Waals surface area contributed by atoms with Gasteiger partial charge >= 0.3 is 0 Å². The zero-order valence-electron chi connectivity index (χ0n) is 15.0. The molecular weight excluding hydrogens is 374 g/mol. The standard InChI is InChI=1S/C18H24ClN3O3S/c1-12-17(13(2)25-21-12)26(23,24)22-16-6-8-18(11-20,9-7-16)14-4-3-5-15(19)10-14/h3-5,10,16,22H,6-9,11,20H2,1-2H3/t16-,18+. The van der Waals surface area contributed by atoms with Crippen LogP contribution in [-0.4, -0.2) is 26.2 Å². The summed E-state index contributed by atoms with van der Waals surface area (Å²) in [6, 6.07) is 7.66. The lowest BCUT2D eigenvalue weighted by molar-refractivity contribution is 0.267. The normalized spacial score (nSPS) is 23.9. The van der Waals surface area contributed by atoms with Gasteiger partial charge in [-0.3, -0.25) is 0 Å². The number of hydrogen-bond donors (Lipinski definition) is 2. The van der Waals surface area contributed by atoms with E-state index in [1.807, 2.05) is 24.3 Å². The van der Waals surface area contributed by atoms with E-state index in [0.717, 1.165) is 18.4 Å². The Hall–Kier alpha value is -1.41. The Morgan fingerprint density at radius 1 is 1.35 bits per heavy atom. The highest BCUT2D eigenvalue weighted by Crippen LogP contribution is 2.40. The summed E-state index contributed by atoms with van der Waals surface area (Å²) in [6.45, 7) is 3.75. The molecule has 1 heterocycles. The van der Waals surface area contributed by atoms with E-state index in [9.17, 15) is 8.42 Å². The molecule has 0 bridgehead atoms. The van der Waals surface area contributed by atoms with Crippen molar-refractivity contribution in [1.82, 2.24) is 9.88 Å². The maximum Gasteiger partial charge on any atom is 0.246 e. The number of aromatic nitrogens is 1. The third-order valence-electron chi connectivity index (χ3n) is 5.33. The van der Waals surface area contributed by atoms with Gasteiger partial charge in [0.25, 0.3) is 0 Å². The smallest absolute Gasteiger partial charge is 0.246 e. The Bertz CT molecular complexity index is 867. The van der Waals surface area contributed by atoms with Crippen LogP contribution in [0.5, 0.6) is 0 Å². The number of hydrogen-bond acceptors (Lipinski definition) is 5. The van der Waals surface area contributed by atoms with E-state index in [-0.39, 0.29) is 16.4 Å². The monoisotopic (exact) mass is 397 g/mol. The Morgan fingerprint density at radius 2 is 2.04 bits per heavy atom. The van der Waals surface area contributed by atoms with Crippen molar-refractivity contribution in [3.63, 3.8) is 0 Å². The van der Waals surface area contributed by atoms with Crippen LogP contribution < -0.4 is 10.5 Å². The van der Waals surface area contributed by atoms with Crippen molar-refractivity contribution in [1.29, 1.82) is 0 Å². The molecule has 0 spiro atoms. The van der Waals surface area contributed by atoms with Crippen molar-refractivity contribution in [3.05, 3.63) is 46.3 Å². The minimum Gasteiger partial charge on any atom is -0.360 e. The van der Waals surface area contributed by atoms with E-state index in [4.69, 9.17) is 21.9 Å². The van der Waals surface area contributed by atoms with Gasteiger partial charge in [0.2, 0.25) is 10.0 Å². The number of nitrogens with one attached hydrogen (secondary N) is 1. The second-order valence-corrected chi connectivity index (χ2v) is 9.13. The van der Waals surface area contributed by atoms with Crippen molar-refractivity contribution < 1.29 is 12.9 Å². The summed E-state index contributed by atoms with van der Waals surface area (Å²) in [4.78, 5) is 0.142. The van der Waals surface area contributed by atoms with Crippen LogP contribution in [0.2, 0.25) is 5.02 Å². The van der Waals surface area contributed by atoms with Gasteiger partial charge in [0.05, 0.1) is 0 Å². The molecule has 2 aromatic rings. The molecule has 0 atom stereocenters. The van der Waals surface area contributed by atoms with Crippen LogP contribution in [0.4, 0.5) is 0 Å². The summed E-state index contributed by atoms with van der Waals surface area (Å²) in [5.41, 5.74) is 7.45. The zero-order chi connectivity index (χ0) is 18.9. The predicted octanol–water partition coefficient (Wildman–Crippen LogP) is 3.06. The summed E-state index contributed by atoms with van der Waals surface area (Å²) in [7, 11) is -3.65. The van der Waals surface area contributed by atoms with Gasteiger partial charge in [-0.2, -0.15) is 0 Å². The molecule has 1 aromatic heterocycles. The molecular formula is C18H24ClN3O3S. The molecule has 1 aliphatic rings. The molecule has 142 valence electrons. The number of halogens is 1. The van der Waals surface area contributed by atoms with Gasteiger partial charge in [-0.1, -0.05) is 28.9 Å². The molecule has 0 aliphatic heterocycles. The molecule has 26 heavy (non-hydrogen) atoms. The molecule has 6 nitrogen and oxygen atoms in total. The topological polar surface area (TPSA) is 98.2 Å². The van der Waals surface area contributed by atoms with E-state index in [1.54, 1.807) is 13.8 Å². The fourth-order valence-corrected chi connectivity index (χ4v) is 5.68. The van der Waals surface area contributed by atoms with E-state index < -0.39 is 10.0 Å². The quantitative estimate of drug-likeness (QED) is 0.807. The summed E-state index contributed by atoms with van der Waals surface area (Å²) >= 11 is 6.14. The number of nitrogens with two attached hydrogens (primary N) is 1. The van der Waals surface area contributed by atoms with Gasteiger partial charge in [0, 0.05) is 23.0 Å². The molecule has 0 saturated heterocycles. The van der Waals surface area contributed by atoms with Crippen LogP contribution in [0, 0.1) is 13.8 Å². The molecule has 0 radical (unpaired) electrons. The van der Waals surface area contributed by atoms with Crippen LogP contribution >= 0.6 is 11.6 Å². The Balaban J connectivity index is 1.74. The van der Waals surface area contributed by atoms with E-state index in [1.165, 1.54) is 0 Å². The largest absolute Gasteiger partial charge is 0.360 e. The molecule has 8 heteroatoms. The molecule has 1 aliphatic carbocycles. The molecule has 1 fully saturated rings. The van der Waals surface area contributed by atoms with Crippen LogP contribution in [0.15, 0.2) is 33.7 Å². The van der Waals surface area contributed by atoms with Crippen molar-refractivity contribution in [2.24, 2.45) is 5.73 Å². The van der Waals surface area contributed by atoms with Gasteiger partial charge in [-0.25, -0.2) is 13.1 Å². The lowest BCUT2D eigenvalue weighted by Crippen LogP contribution is -2.45. The summed E-state index contributed by atoms with van der Waals surface area (Å²) in [5.74, 6) is 0.307. The molecule has 3 N–H and O–H groups in total. The van der Waals surface area contributed by atoms with Crippen molar-refractivity contribution in [2.45, 2.75) is 55.9 Å². The number of rotatable bonds is 5. The van der Waals surface area contributed by atoms with Gasteiger partial charge < -0.3 is 10.3 Å². The highest BCUT2D eigenvalue weighted by molar-refractivity contribution is 7.89. The minimum atomic E-state index is -3.65. The second-order valence-electron chi connectivity index (χ2n) is 7.04. The molecule has 1 aromatic carbocycles. The average Bonchev–Trinajstić information content (AvgIpc) is 2.95. The first kappa shape index (κ1) is 19.4. The van der Waals surface area contributed by atoms with Crippen LogP contribution in [0.25, 0.3) is 0 Å². The zero-order valence-corrected chi connectivity index (χ0v) is 16.5. The summed E-state index contributed by atoms with van der Waals surface area (Å²) in [6.07, 6.45) is 3.04. The number of nitrogens with zero attached hydrogens (tertiary/aromatic N) is 1. The van der Waals surface area contributed by atoms with E-state index >= 15 is 0 Å². The average molecular weight is 398 g/mol. The SMILES string of the molecule is Cc1noc(C)c1S(=O)(=O)N[C@H]1CC[C@@](CN)(c2cccc(Cl)c2)CC1. The third-order valence-corrected chi connectivity index (χ3v) is 7.33. The van der Waals surface area contributed by atoms with Crippen molar-refractivity contribution in [3.8, 4) is 0 Å². The van der Waals surface area contributed by atoms with Crippen LogP contribution in [0.3, 0.4) is 0 Å². The Labute approximate surface area is 159 Å². The van der Waals surface area contributed by atoms with Gasteiger partial charge in [-0.15, -0.1) is 0 Å². The van der Waals surface area contributed by atoms with E-state index in [2.05, 4.69) is 9.88 Å². The number of sulfonamides is 1. The molecule has 3 rings (SSSR count). The van der Waals surface area contributed by atoms with Gasteiger partial charge in [0.1, 0.15) is 10.6 Å². The Kier molecular flexibility index (Phi) is 5.44. The number of aryl methyl sites for hydroxylation is 2. The first-order chi connectivity index (χ1) is 12.3. The van der Waals surface area contributed by atoms with Crippen molar-refractivity contribution >= 4 is 21.6 Å². The fraction of sp³-hybridized carbons (Fsp3) is 0.500. The van der Waals surface area contributed by atoms with E-state index in [0.29, 0.717) is 35.9 Å². The van der Waals surface area contributed by atoms with Gasteiger partial charge in [0.15, 0.2) is 5.76 Å². The summed E-state index contributed by atoms with van der Waals surface area (Å²) < 4.78 is 33.2. The first-order valence-electron chi connectivity index (χ1n) is 8.69. The highest BCUT2D eigenvalue weighted by Gasteiger charge is 2.37. The third kappa shape index (κ3) is 3.67. The maximum atomic E-state index is 12.7. The predicted molar refractivity (Wildman–Crippen MR) is 101 cm³/mol. The minimum absolute atomic E-state index is 0.132. The Morgan fingerprint density at radius 3 is 2.58 bits per heavy atom. The first-order valence-corrected chi connectivity index (χ1v) is 10.5. The lowest BCUT2D eigenvalue weighted by Gasteiger charge is -2.40. The van der Waals surface area contributed by atoms with Crippen molar-refractivity contribution in [2.75, 3.05) is 6.54 Å². The molecule has 0 unspecified atom stereocenters. The molecule has 0 amide bonds. The maximum absolute atomic E-state index is 12.7. The molecule has 1 saturated carbocycles. The van der Waals surface area contributed by atoms with Crippen LogP contribution in [0.1, 0.15) is 42.7 Å². The highest BCUT2D eigenvalue weighted by atomic mass is 35.5. The van der Waals surface area contributed by atoms with Gasteiger partial charge in [-0.05, 0) is 57.2 Å². The summed E-state index contributed by atoms with van der Waals surface area (Å²) in [5, 5.41) is 4.43. The number of benzene rings is 1. The van der Waals surface area contributed by atoms with Crippen LogP contribution in [-0.2, 0) is 15.4 Å². The second kappa shape index (κ2) is 7.31. The fourth-order valence-electron chi connectivity index (χ4n) is 3.85.